The molecule has 1 saturated carbocycles. The second-order valence-electron chi connectivity index (χ2n) is 3.62. The summed E-state index contributed by atoms with van der Waals surface area (Å²) in [5.74, 6) is 0. The fraction of sp³-hybridized carbons (Fsp3) is 1.00. The summed E-state index contributed by atoms with van der Waals surface area (Å²) in [6, 6.07) is 0. The van der Waals surface area contributed by atoms with Gasteiger partial charge < -0.3 is 5.32 Å². The summed E-state index contributed by atoms with van der Waals surface area (Å²) in [5.41, 5.74) is 0. The van der Waals surface area contributed by atoms with Gasteiger partial charge in [-0.15, -0.1) is 0 Å². The molecule has 0 radical (unpaired) electrons. The topological polar surface area (TPSA) is 12.0 Å². The highest BCUT2D eigenvalue weighted by atomic mass is 32.2. The van der Waals surface area contributed by atoms with E-state index in [1.807, 2.05) is 11.8 Å². The van der Waals surface area contributed by atoms with Crippen LogP contribution in [0.1, 0.15) is 25.7 Å². The zero-order chi connectivity index (χ0) is 9.73. The Balaban J connectivity index is 2.23. The summed E-state index contributed by atoms with van der Waals surface area (Å²) in [6.07, 6.45) is 4.69. The van der Waals surface area contributed by atoms with Crippen molar-refractivity contribution in [3.8, 4) is 0 Å². The predicted octanol–water partition coefficient (Wildman–Crippen LogP) is 2.52. The summed E-state index contributed by atoms with van der Waals surface area (Å²) < 4.78 is 24.0. The Hall–Kier alpha value is 0.170. The van der Waals surface area contributed by atoms with Gasteiger partial charge in [-0.05, 0) is 19.1 Å². The third-order valence-electron chi connectivity index (χ3n) is 2.69. The molecule has 0 bridgehead atoms. The normalized spacial score (nSPS) is 21.2. The molecule has 1 aliphatic carbocycles. The van der Waals surface area contributed by atoms with Gasteiger partial charge in [-0.1, -0.05) is 12.8 Å². The van der Waals surface area contributed by atoms with Gasteiger partial charge in [0, 0.05) is 11.3 Å². The SMILES string of the molecule is CSC1(CNCC(F)F)CCCC1. The molecule has 1 nitrogen and oxygen atoms in total. The van der Waals surface area contributed by atoms with Gasteiger partial charge in [0.05, 0.1) is 6.54 Å². The number of nitrogens with one attached hydrogen (secondary N) is 1. The molecule has 1 fully saturated rings. The quantitative estimate of drug-likeness (QED) is 0.746. The van der Waals surface area contributed by atoms with Gasteiger partial charge in [0.2, 0.25) is 0 Å². The Labute approximate surface area is 82.7 Å². The monoisotopic (exact) mass is 209 g/mol. The van der Waals surface area contributed by atoms with E-state index in [1.165, 1.54) is 25.7 Å². The van der Waals surface area contributed by atoms with Crippen molar-refractivity contribution in [2.45, 2.75) is 36.9 Å². The number of halogens is 2. The molecule has 1 N–H and O–H groups in total. The van der Waals surface area contributed by atoms with E-state index >= 15 is 0 Å². The van der Waals surface area contributed by atoms with Gasteiger partial charge >= 0.3 is 0 Å². The molecule has 13 heavy (non-hydrogen) atoms. The molecule has 1 rings (SSSR count). The van der Waals surface area contributed by atoms with E-state index in [-0.39, 0.29) is 11.3 Å². The van der Waals surface area contributed by atoms with Crippen LogP contribution in [-0.2, 0) is 0 Å². The second-order valence-corrected chi connectivity index (χ2v) is 4.89. The van der Waals surface area contributed by atoms with E-state index in [2.05, 4.69) is 11.6 Å². The number of hydrogen-bond donors (Lipinski definition) is 1. The minimum absolute atomic E-state index is 0.164. The van der Waals surface area contributed by atoms with Crippen LogP contribution in [0.5, 0.6) is 0 Å². The second kappa shape index (κ2) is 5.15. The van der Waals surface area contributed by atoms with Crippen molar-refractivity contribution in [3.63, 3.8) is 0 Å². The van der Waals surface area contributed by atoms with Crippen molar-refractivity contribution >= 4 is 11.8 Å². The predicted molar refractivity (Wildman–Crippen MR) is 53.6 cm³/mol. The molecule has 0 aromatic rings. The Morgan fingerprint density at radius 3 is 2.46 bits per heavy atom. The third-order valence-corrected chi connectivity index (χ3v) is 4.11. The Morgan fingerprint density at radius 1 is 1.38 bits per heavy atom. The van der Waals surface area contributed by atoms with Crippen molar-refractivity contribution < 1.29 is 8.78 Å². The van der Waals surface area contributed by atoms with E-state index in [1.54, 1.807) is 0 Å². The lowest BCUT2D eigenvalue weighted by Gasteiger charge is -2.26. The standard InChI is InChI=1S/C9H17F2NS/c1-13-9(4-2-3-5-9)7-12-6-8(10)11/h8,12H,2-7H2,1H3. The molecule has 0 aromatic carbocycles. The summed E-state index contributed by atoms with van der Waals surface area (Å²) in [6.45, 7) is 0.570. The van der Waals surface area contributed by atoms with Crippen molar-refractivity contribution in [1.29, 1.82) is 0 Å². The van der Waals surface area contributed by atoms with Crippen LogP contribution < -0.4 is 5.32 Å². The first kappa shape index (κ1) is 11.2. The van der Waals surface area contributed by atoms with Gasteiger partial charge in [0.1, 0.15) is 0 Å². The minimum atomic E-state index is -2.22. The van der Waals surface area contributed by atoms with E-state index < -0.39 is 6.43 Å². The van der Waals surface area contributed by atoms with Crippen LogP contribution in [0.2, 0.25) is 0 Å². The van der Waals surface area contributed by atoms with Crippen molar-refractivity contribution in [1.82, 2.24) is 5.32 Å². The van der Waals surface area contributed by atoms with Crippen LogP contribution in [0.15, 0.2) is 0 Å². The number of rotatable bonds is 5. The van der Waals surface area contributed by atoms with Crippen LogP contribution >= 0.6 is 11.8 Å². The number of alkyl halides is 2. The fourth-order valence-electron chi connectivity index (χ4n) is 1.88. The van der Waals surface area contributed by atoms with Crippen LogP contribution in [0, 0.1) is 0 Å². The first-order valence-electron chi connectivity index (χ1n) is 4.72. The van der Waals surface area contributed by atoms with E-state index in [9.17, 15) is 8.78 Å². The molecular formula is C9H17F2NS. The molecule has 78 valence electrons. The fourth-order valence-corrected chi connectivity index (χ4v) is 2.82. The van der Waals surface area contributed by atoms with Crippen LogP contribution in [-0.4, -0.2) is 30.5 Å². The van der Waals surface area contributed by atoms with Gasteiger partial charge in [-0.3, -0.25) is 0 Å². The molecule has 0 aliphatic heterocycles. The first-order valence-corrected chi connectivity index (χ1v) is 5.95. The maximum atomic E-state index is 11.9. The lowest BCUT2D eigenvalue weighted by Crippen LogP contribution is -2.37. The molecule has 1 aliphatic rings. The minimum Gasteiger partial charge on any atom is -0.310 e. The number of thioether (sulfide) groups is 1. The maximum absolute atomic E-state index is 11.9. The lowest BCUT2D eigenvalue weighted by molar-refractivity contribution is 0.145. The third kappa shape index (κ3) is 3.43. The van der Waals surface area contributed by atoms with Crippen LogP contribution in [0.25, 0.3) is 0 Å². The Bertz CT molecular complexity index is 147. The Morgan fingerprint density at radius 2 is 2.00 bits per heavy atom. The maximum Gasteiger partial charge on any atom is 0.250 e. The van der Waals surface area contributed by atoms with E-state index in [4.69, 9.17) is 0 Å². The average Bonchev–Trinajstić information content (AvgIpc) is 2.53. The highest BCUT2D eigenvalue weighted by molar-refractivity contribution is 8.00. The average molecular weight is 209 g/mol. The van der Waals surface area contributed by atoms with Gasteiger partial charge in [0.15, 0.2) is 0 Å². The molecular weight excluding hydrogens is 192 g/mol. The Kier molecular flexibility index (Phi) is 4.46. The molecule has 0 heterocycles. The molecule has 0 unspecified atom stereocenters. The van der Waals surface area contributed by atoms with Crippen LogP contribution in [0.3, 0.4) is 0 Å². The van der Waals surface area contributed by atoms with E-state index in [0.29, 0.717) is 0 Å². The largest absolute Gasteiger partial charge is 0.310 e. The molecule has 0 aromatic heterocycles. The molecule has 0 atom stereocenters. The first-order chi connectivity index (χ1) is 6.18. The van der Waals surface area contributed by atoms with E-state index in [0.717, 1.165) is 6.54 Å². The number of hydrogen-bond acceptors (Lipinski definition) is 2. The zero-order valence-corrected chi connectivity index (χ0v) is 8.80. The van der Waals surface area contributed by atoms with Gasteiger partial charge in [-0.25, -0.2) is 8.78 Å². The summed E-state index contributed by atoms with van der Waals surface area (Å²) >= 11 is 1.82. The van der Waals surface area contributed by atoms with Crippen molar-refractivity contribution in [2.75, 3.05) is 19.3 Å². The molecule has 4 heteroatoms. The molecule has 0 amide bonds. The van der Waals surface area contributed by atoms with Crippen LogP contribution in [0.4, 0.5) is 8.78 Å². The summed E-state index contributed by atoms with van der Waals surface area (Å²) in [5, 5.41) is 2.85. The highest BCUT2D eigenvalue weighted by Gasteiger charge is 2.32. The van der Waals surface area contributed by atoms with Crippen molar-refractivity contribution in [2.24, 2.45) is 0 Å². The van der Waals surface area contributed by atoms with Crippen molar-refractivity contribution in [3.05, 3.63) is 0 Å². The highest BCUT2D eigenvalue weighted by Crippen LogP contribution is 2.39. The zero-order valence-electron chi connectivity index (χ0n) is 7.98. The summed E-state index contributed by atoms with van der Waals surface area (Å²) in [7, 11) is 0. The van der Waals surface area contributed by atoms with Gasteiger partial charge in [0.25, 0.3) is 6.43 Å². The lowest BCUT2D eigenvalue weighted by atomic mass is 10.1. The smallest absolute Gasteiger partial charge is 0.250 e. The molecule has 0 saturated heterocycles. The summed E-state index contributed by atoms with van der Waals surface area (Å²) in [4.78, 5) is 0. The molecule has 0 spiro atoms. The van der Waals surface area contributed by atoms with Gasteiger partial charge in [-0.2, -0.15) is 11.8 Å².